The van der Waals surface area contributed by atoms with Crippen LogP contribution in [0.4, 0.5) is 13.2 Å². The molecule has 0 unspecified atom stereocenters. The van der Waals surface area contributed by atoms with Crippen LogP contribution in [0.15, 0.2) is 33.7 Å². The number of hydrogen-bond acceptors (Lipinski definition) is 4. The van der Waals surface area contributed by atoms with Crippen molar-refractivity contribution in [2.75, 3.05) is 0 Å². The summed E-state index contributed by atoms with van der Waals surface area (Å²) in [4.78, 5) is 20.5. The maximum absolute atomic E-state index is 11.6. The molecule has 0 amide bonds. The first-order valence-corrected chi connectivity index (χ1v) is 6.60. The van der Waals surface area contributed by atoms with Crippen molar-refractivity contribution in [1.82, 2.24) is 0 Å². The lowest BCUT2D eigenvalue weighted by Gasteiger charge is -1.93. The molecule has 8 heteroatoms. The van der Waals surface area contributed by atoms with Gasteiger partial charge in [-0.05, 0) is 22.9 Å². The van der Waals surface area contributed by atoms with E-state index in [0.717, 1.165) is 11.1 Å². The van der Waals surface area contributed by atoms with E-state index in [1.54, 1.807) is 22.7 Å². The van der Waals surface area contributed by atoms with E-state index in [4.69, 9.17) is 9.90 Å². The highest BCUT2D eigenvalue weighted by molar-refractivity contribution is 7.08. The Morgan fingerprint density at radius 1 is 1.00 bits per heavy atom. The molecule has 1 N–H and O–H groups in total. The number of carboxylic acids is 1. The van der Waals surface area contributed by atoms with Crippen molar-refractivity contribution in [3.63, 3.8) is 0 Å². The van der Waals surface area contributed by atoms with E-state index in [1.165, 1.54) is 0 Å². The summed E-state index contributed by atoms with van der Waals surface area (Å²) in [5.41, 5.74) is 1.58. The average Bonchev–Trinajstić information content (AvgIpc) is 3.01. The molecule has 0 saturated heterocycles. The number of alkyl halides is 3. The van der Waals surface area contributed by atoms with Gasteiger partial charge in [-0.25, -0.2) is 4.79 Å². The van der Waals surface area contributed by atoms with Crippen LogP contribution in [0.25, 0.3) is 0 Å². The molecule has 0 aliphatic heterocycles. The largest absolute Gasteiger partial charge is 0.490 e. The third-order valence-electron chi connectivity index (χ3n) is 1.81. The first-order valence-electron chi connectivity index (χ1n) is 4.71. The molecule has 0 aromatic carbocycles. The molecular formula is C11H7F3O3S2. The van der Waals surface area contributed by atoms with Crippen molar-refractivity contribution in [2.24, 2.45) is 0 Å². The molecule has 19 heavy (non-hydrogen) atoms. The van der Waals surface area contributed by atoms with Crippen LogP contribution in [-0.2, 0) is 4.79 Å². The summed E-state index contributed by atoms with van der Waals surface area (Å²) in [5.74, 6) is -2.63. The zero-order valence-corrected chi connectivity index (χ0v) is 10.8. The molecule has 0 radical (unpaired) electrons. The fourth-order valence-electron chi connectivity index (χ4n) is 0.954. The van der Waals surface area contributed by atoms with Crippen LogP contribution in [0, 0.1) is 0 Å². The average molecular weight is 308 g/mol. The molecule has 0 bridgehead atoms. The Morgan fingerprint density at radius 2 is 1.37 bits per heavy atom. The Morgan fingerprint density at radius 3 is 1.58 bits per heavy atom. The highest BCUT2D eigenvalue weighted by Gasteiger charge is 2.38. The van der Waals surface area contributed by atoms with E-state index in [1.807, 2.05) is 33.7 Å². The maximum Gasteiger partial charge on any atom is 0.490 e. The summed E-state index contributed by atoms with van der Waals surface area (Å²) < 4.78 is 31.7. The van der Waals surface area contributed by atoms with Crippen LogP contribution in [-0.4, -0.2) is 23.0 Å². The van der Waals surface area contributed by atoms with Crippen molar-refractivity contribution < 1.29 is 27.9 Å². The van der Waals surface area contributed by atoms with Gasteiger partial charge in [0.05, 0.1) is 0 Å². The van der Waals surface area contributed by atoms with Crippen molar-refractivity contribution in [3.05, 3.63) is 44.8 Å². The quantitative estimate of drug-likeness (QED) is 0.861. The monoisotopic (exact) mass is 308 g/mol. The van der Waals surface area contributed by atoms with E-state index in [9.17, 15) is 18.0 Å². The molecule has 2 rings (SSSR count). The SMILES string of the molecule is O=C(O)C(F)(F)F.O=C(c1ccsc1)c1ccsc1. The van der Waals surface area contributed by atoms with Gasteiger partial charge in [0, 0.05) is 21.9 Å². The second-order valence-corrected chi connectivity index (χ2v) is 4.72. The topological polar surface area (TPSA) is 54.4 Å². The molecule has 2 heterocycles. The van der Waals surface area contributed by atoms with Gasteiger partial charge in [0.25, 0.3) is 0 Å². The van der Waals surface area contributed by atoms with Crippen LogP contribution in [0.1, 0.15) is 15.9 Å². The lowest BCUT2D eigenvalue weighted by atomic mass is 10.1. The van der Waals surface area contributed by atoms with Crippen molar-refractivity contribution in [2.45, 2.75) is 6.18 Å². The minimum atomic E-state index is -5.08. The van der Waals surface area contributed by atoms with E-state index in [0.29, 0.717) is 0 Å². The predicted molar refractivity (Wildman–Crippen MR) is 65.8 cm³/mol. The Bertz CT molecular complexity index is 494. The zero-order chi connectivity index (χ0) is 14.5. The lowest BCUT2D eigenvalue weighted by molar-refractivity contribution is -0.192. The number of aliphatic carboxylic acids is 1. The molecule has 2 aromatic rings. The van der Waals surface area contributed by atoms with Gasteiger partial charge >= 0.3 is 12.1 Å². The highest BCUT2D eigenvalue weighted by atomic mass is 32.1. The summed E-state index contributed by atoms with van der Waals surface area (Å²) in [6, 6.07) is 3.70. The number of carboxylic acid groups (broad SMARTS) is 1. The van der Waals surface area contributed by atoms with E-state index >= 15 is 0 Å². The summed E-state index contributed by atoms with van der Waals surface area (Å²) in [6.45, 7) is 0. The number of halogens is 3. The minimum absolute atomic E-state index is 0.123. The Labute approximate surface area is 113 Å². The van der Waals surface area contributed by atoms with Gasteiger partial charge < -0.3 is 5.11 Å². The molecule has 0 aliphatic rings. The summed E-state index contributed by atoms with van der Waals surface area (Å²) in [5, 5.41) is 14.7. The van der Waals surface area contributed by atoms with Gasteiger partial charge in [0.15, 0.2) is 5.78 Å². The number of carbonyl (C=O) groups is 2. The molecule has 2 aromatic heterocycles. The Balaban J connectivity index is 0.000000224. The van der Waals surface area contributed by atoms with Gasteiger partial charge in [-0.2, -0.15) is 35.8 Å². The number of carbonyl (C=O) groups excluding carboxylic acids is 1. The number of ketones is 1. The normalized spacial score (nSPS) is 10.5. The molecule has 0 aliphatic carbocycles. The maximum atomic E-state index is 11.6. The Hall–Kier alpha value is -1.67. The van der Waals surface area contributed by atoms with Crippen LogP contribution in [0.3, 0.4) is 0 Å². The Kier molecular flexibility index (Phi) is 5.25. The first-order chi connectivity index (χ1) is 8.82. The lowest BCUT2D eigenvalue weighted by Crippen LogP contribution is -2.21. The predicted octanol–water partition coefficient (Wildman–Crippen LogP) is 3.67. The van der Waals surface area contributed by atoms with Gasteiger partial charge in [-0.15, -0.1) is 0 Å². The van der Waals surface area contributed by atoms with E-state index < -0.39 is 12.1 Å². The highest BCUT2D eigenvalue weighted by Crippen LogP contribution is 2.15. The fraction of sp³-hybridized carbons (Fsp3) is 0.0909. The van der Waals surface area contributed by atoms with Gasteiger partial charge in [0.1, 0.15) is 0 Å². The summed E-state index contributed by atoms with van der Waals surface area (Å²) in [6.07, 6.45) is -5.08. The van der Waals surface area contributed by atoms with Gasteiger partial charge in [0.2, 0.25) is 0 Å². The van der Waals surface area contributed by atoms with E-state index in [2.05, 4.69) is 0 Å². The molecular weight excluding hydrogens is 301 g/mol. The van der Waals surface area contributed by atoms with Gasteiger partial charge in [-0.3, -0.25) is 4.79 Å². The summed E-state index contributed by atoms with van der Waals surface area (Å²) >= 11 is 3.10. The van der Waals surface area contributed by atoms with Crippen molar-refractivity contribution in [1.29, 1.82) is 0 Å². The van der Waals surface area contributed by atoms with Crippen molar-refractivity contribution >= 4 is 34.4 Å². The molecule has 0 atom stereocenters. The molecule has 102 valence electrons. The third kappa shape index (κ3) is 4.84. The molecule has 0 spiro atoms. The molecule has 3 nitrogen and oxygen atoms in total. The van der Waals surface area contributed by atoms with Crippen molar-refractivity contribution in [3.8, 4) is 0 Å². The number of thiophene rings is 2. The second kappa shape index (κ2) is 6.48. The summed E-state index contributed by atoms with van der Waals surface area (Å²) in [7, 11) is 0. The van der Waals surface area contributed by atoms with Gasteiger partial charge in [-0.1, -0.05) is 0 Å². The van der Waals surface area contributed by atoms with E-state index in [-0.39, 0.29) is 5.78 Å². The zero-order valence-electron chi connectivity index (χ0n) is 9.18. The molecule has 0 fully saturated rings. The fourth-order valence-corrected chi connectivity index (χ4v) is 2.23. The third-order valence-corrected chi connectivity index (χ3v) is 3.18. The second-order valence-electron chi connectivity index (χ2n) is 3.16. The molecule has 0 saturated carbocycles. The minimum Gasteiger partial charge on any atom is -0.475 e. The van der Waals surface area contributed by atoms with Crippen LogP contribution < -0.4 is 0 Å². The van der Waals surface area contributed by atoms with Crippen LogP contribution in [0.2, 0.25) is 0 Å². The smallest absolute Gasteiger partial charge is 0.475 e. The van der Waals surface area contributed by atoms with Crippen LogP contribution in [0.5, 0.6) is 0 Å². The number of hydrogen-bond donors (Lipinski definition) is 1. The first kappa shape index (κ1) is 15.4. The standard InChI is InChI=1S/C9H6OS2.C2HF3O2/c10-9(7-1-3-11-5-7)8-2-4-12-6-8;3-2(4,5)1(6)7/h1-6H;(H,6,7). The number of rotatable bonds is 2. The van der Waals surface area contributed by atoms with Crippen LogP contribution >= 0.6 is 22.7 Å².